The van der Waals surface area contributed by atoms with Gasteiger partial charge in [-0.05, 0) is 17.5 Å². The van der Waals surface area contributed by atoms with Crippen LogP contribution in [0.1, 0.15) is 30.9 Å². The molecule has 1 aliphatic rings. The van der Waals surface area contributed by atoms with Gasteiger partial charge in [-0.15, -0.1) is 0 Å². The van der Waals surface area contributed by atoms with Gasteiger partial charge in [0, 0.05) is 18.2 Å². The van der Waals surface area contributed by atoms with Gasteiger partial charge in [-0.1, -0.05) is 13.8 Å². The first-order valence-corrected chi connectivity index (χ1v) is 4.91. The summed E-state index contributed by atoms with van der Waals surface area (Å²) < 4.78 is 0. The molecule has 1 N–H and O–H groups in total. The van der Waals surface area contributed by atoms with E-state index in [4.69, 9.17) is 0 Å². The summed E-state index contributed by atoms with van der Waals surface area (Å²) in [4.78, 5) is 26.5. The van der Waals surface area contributed by atoms with Crippen LogP contribution in [-0.2, 0) is 16.0 Å². The van der Waals surface area contributed by atoms with E-state index >= 15 is 0 Å². The Hall–Kier alpha value is -1.71. The van der Waals surface area contributed by atoms with Gasteiger partial charge in [0.1, 0.15) is 5.82 Å². The van der Waals surface area contributed by atoms with Gasteiger partial charge >= 0.3 is 0 Å². The summed E-state index contributed by atoms with van der Waals surface area (Å²) in [6.45, 7) is 4.10. The van der Waals surface area contributed by atoms with Crippen LogP contribution < -0.4 is 5.32 Å². The molecular weight excluding hydrogens is 192 g/mol. The Morgan fingerprint density at radius 1 is 1.40 bits per heavy atom. The Balaban J connectivity index is 2.52. The summed E-state index contributed by atoms with van der Waals surface area (Å²) >= 11 is 0. The molecule has 2 rings (SSSR count). The van der Waals surface area contributed by atoms with Crippen LogP contribution in [-0.4, -0.2) is 16.7 Å². The monoisotopic (exact) mass is 204 g/mol. The molecule has 0 spiro atoms. The number of fused-ring (bicyclic) bond motifs is 1. The molecule has 1 aliphatic heterocycles. The van der Waals surface area contributed by atoms with Crippen LogP contribution >= 0.6 is 0 Å². The molecule has 0 radical (unpaired) electrons. The maximum atomic E-state index is 11.3. The van der Waals surface area contributed by atoms with Crippen molar-refractivity contribution in [2.75, 3.05) is 5.32 Å². The van der Waals surface area contributed by atoms with Crippen molar-refractivity contribution in [3.05, 3.63) is 23.4 Å². The minimum absolute atomic E-state index is 0.169. The molecule has 1 amide bonds. The molecule has 0 atom stereocenters. The van der Waals surface area contributed by atoms with E-state index < -0.39 is 11.7 Å². The molecule has 1 aromatic rings. The Bertz CT molecular complexity index is 438. The molecule has 4 heteroatoms. The highest BCUT2D eigenvalue weighted by molar-refractivity contribution is 6.42. The lowest BCUT2D eigenvalue weighted by Crippen LogP contribution is -2.31. The third-order valence-electron chi connectivity index (χ3n) is 2.54. The number of amides is 1. The molecule has 4 nitrogen and oxygen atoms in total. The molecular formula is C11H12N2O2. The summed E-state index contributed by atoms with van der Waals surface area (Å²) in [6.07, 6.45) is 1.83. The third kappa shape index (κ3) is 1.63. The lowest BCUT2D eigenvalue weighted by atomic mass is 9.93. The number of rotatable bonds is 1. The SMILES string of the molecule is CC(C)c1ccnc2c1CC(=O)C(=O)N2. The number of carbonyl (C=O) groups is 2. The maximum absolute atomic E-state index is 11.3. The average Bonchev–Trinajstić information content (AvgIpc) is 2.18. The lowest BCUT2D eigenvalue weighted by Gasteiger charge is -2.19. The largest absolute Gasteiger partial charge is 0.304 e. The molecule has 0 aromatic carbocycles. The van der Waals surface area contributed by atoms with E-state index in [9.17, 15) is 9.59 Å². The maximum Gasteiger partial charge on any atom is 0.293 e. The van der Waals surface area contributed by atoms with Crippen molar-refractivity contribution in [2.45, 2.75) is 26.2 Å². The highest BCUT2D eigenvalue weighted by Crippen LogP contribution is 2.27. The van der Waals surface area contributed by atoms with E-state index in [0.29, 0.717) is 11.7 Å². The van der Waals surface area contributed by atoms with E-state index in [1.54, 1.807) is 6.20 Å². The van der Waals surface area contributed by atoms with Crippen molar-refractivity contribution in [1.29, 1.82) is 0 Å². The summed E-state index contributed by atoms with van der Waals surface area (Å²) in [5.41, 5.74) is 1.94. The summed E-state index contributed by atoms with van der Waals surface area (Å²) in [5.74, 6) is -0.0938. The number of pyridine rings is 1. The van der Waals surface area contributed by atoms with Crippen molar-refractivity contribution >= 4 is 17.5 Å². The van der Waals surface area contributed by atoms with Crippen LogP contribution in [0.2, 0.25) is 0 Å². The van der Waals surface area contributed by atoms with Gasteiger partial charge in [0.2, 0.25) is 5.78 Å². The number of hydrogen-bond acceptors (Lipinski definition) is 3. The minimum Gasteiger partial charge on any atom is -0.304 e. The lowest BCUT2D eigenvalue weighted by molar-refractivity contribution is -0.134. The highest BCUT2D eigenvalue weighted by atomic mass is 16.2. The zero-order valence-electron chi connectivity index (χ0n) is 8.70. The summed E-state index contributed by atoms with van der Waals surface area (Å²) in [5, 5.41) is 2.51. The van der Waals surface area contributed by atoms with E-state index in [0.717, 1.165) is 11.1 Å². The molecule has 0 aliphatic carbocycles. The second-order valence-corrected chi connectivity index (χ2v) is 3.94. The van der Waals surface area contributed by atoms with Crippen molar-refractivity contribution in [2.24, 2.45) is 0 Å². The van der Waals surface area contributed by atoms with E-state index in [1.165, 1.54) is 0 Å². The van der Waals surface area contributed by atoms with Gasteiger partial charge in [0.05, 0.1) is 0 Å². The van der Waals surface area contributed by atoms with Gasteiger partial charge in [0.25, 0.3) is 5.91 Å². The number of ketones is 1. The summed E-state index contributed by atoms with van der Waals surface area (Å²) in [6, 6.07) is 1.90. The van der Waals surface area contributed by atoms with Crippen LogP contribution in [0.5, 0.6) is 0 Å². The molecule has 15 heavy (non-hydrogen) atoms. The average molecular weight is 204 g/mol. The fraction of sp³-hybridized carbons (Fsp3) is 0.364. The molecule has 78 valence electrons. The Morgan fingerprint density at radius 3 is 2.80 bits per heavy atom. The Morgan fingerprint density at radius 2 is 2.13 bits per heavy atom. The quantitative estimate of drug-likeness (QED) is 0.701. The molecule has 2 heterocycles. The number of nitrogens with one attached hydrogen (secondary N) is 1. The van der Waals surface area contributed by atoms with Crippen LogP contribution in [0.4, 0.5) is 5.82 Å². The van der Waals surface area contributed by atoms with Gasteiger partial charge in [-0.3, -0.25) is 9.59 Å². The van der Waals surface area contributed by atoms with Gasteiger partial charge in [-0.2, -0.15) is 0 Å². The smallest absolute Gasteiger partial charge is 0.293 e. The minimum atomic E-state index is -0.559. The van der Waals surface area contributed by atoms with E-state index in [1.807, 2.05) is 6.07 Å². The zero-order chi connectivity index (χ0) is 11.0. The molecule has 0 fully saturated rings. The fourth-order valence-electron chi connectivity index (χ4n) is 1.76. The van der Waals surface area contributed by atoms with Crippen molar-refractivity contribution in [3.63, 3.8) is 0 Å². The van der Waals surface area contributed by atoms with E-state index in [-0.39, 0.29) is 6.42 Å². The fourth-order valence-corrected chi connectivity index (χ4v) is 1.76. The number of hydrogen-bond donors (Lipinski definition) is 1. The molecule has 0 saturated heterocycles. The standard InChI is InChI=1S/C11H12N2O2/c1-6(2)7-3-4-12-10-8(7)5-9(14)11(15)13-10/h3-4,6H,5H2,1-2H3,(H,12,13,15). The Labute approximate surface area is 87.7 Å². The van der Waals surface area contributed by atoms with Crippen LogP contribution in [0.3, 0.4) is 0 Å². The molecule has 0 unspecified atom stereocenters. The van der Waals surface area contributed by atoms with Crippen molar-refractivity contribution < 1.29 is 9.59 Å². The molecule has 1 aromatic heterocycles. The van der Waals surface area contributed by atoms with Crippen LogP contribution in [0, 0.1) is 0 Å². The predicted octanol–water partition coefficient (Wildman–Crippen LogP) is 1.27. The van der Waals surface area contributed by atoms with Crippen LogP contribution in [0.25, 0.3) is 0 Å². The normalized spacial score (nSPS) is 15.1. The number of anilines is 1. The predicted molar refractivity (Wildman–Crippen MR) is 55.7 cm³/mol. The Kier molecular flexibility index (Phi) is 2.26. The topological polar surface area (TPSA) is 59.1 Å². The highest BCUT2D eigenvalue weighted by Gasteiger charge is 2.26. The first kappa shape index (κ1) is 9.83. The van der Waals surface area contributed by atoms with Crippen molar-refractivity contribution in [3.8, 4) is 0 Å². The summed E-state index contributed by atoms with van der Waals surface area (Å²) in [7, 11) is 0. The molecule has 0 bridgehead atoms. The molecule has 0 saturated carbocycles. The first-order valence-electron chi connectivity index (χ1n) is 4.91. The second-order valence-electron chi connectivity index (χ2n) is 3.94. The van der Waals surface area contributed by atoms with Gasteiger partial charge in [0.15, 0.2) is 0 Å². The van der Waals surface area contributed by atoms with Crippen LogP contribution in [0.15, 0.2) is 12.3 Å². The van der Waals surface area contributed by atoms with Gasteiger partial charge in [-0.25, -0.2) is 4.98 Å². The van der Waals surface area contributed by atoms with Crippen molar-refractivity contribution in [1.82, 2.24) is 4.98 Å². The third-order valence-corrected chi connectivity index (χ3v) is 2.54. The second kappa shape index (κ2) is 3.46. The number of carbonyl (C=O) groups excluding carboxylic acids is 2. The number of aromatic nitrogens is 1. The van der Waals surface area contributed by atoms with Gasteiger partial charge < -0.3 is 5.32 Å². The number of Topliss-reactive ketones (excluding diaryl/α,β-unsaturated/α-hetero) is 1. The number of nitrogens with zero attached hydrogens (tertiary/aromatic N) is 1. The first-order chi connectivity index (χ1) is 7.09. The van der Waals surface area contributed by atoms with E-state index in [2.05, 4.69) is 24.1 Å². The zero-order valence-corrected chi connectivity index (χ0v) is 8.70.